The fourth-order valence-corrected chi connectivity index (χ4v) is 2.90. The van der Waals surface area contributed by atoms with Crippen LogP contribution >= 0.6 is 0 Å². The molecule has 94 valence electrons. The molecule has 0 amide bonds. The van der Waals surface area contributed by atoms with Crippen molar-refractivity contribution >= 4 is 9.84 Å². The predicted molar refractivity (Wildman–Crippen MR) is 66.1 cm³/mol. The van der Waals surface area contributed by atoms with Gasteiger partial charge in [-0.15, -0.1) is 0 Å². The number of sulfone groups is 1. The van der Waals surface area contributed by atoms with Gasteiger partial charge in [-0.05, 0) is 46.5 Å². The summed E-state index contributed by atoms with van der Waals surface area (Å²) in [6, 6.07) is 0. The summed E-state index contributed by atoms with van der Waals surface area (Å²) in [7, 11) is -3.04. The largest absolute Gasteiger partial charge is 0.389 e. The summed E-state index contributed by atoms with van der Waals surface area (Å²) in [5.74, 6) is 0.190. The summed E-state index contributed by atoms with van der Waals surface area (Å²) in [5.41, 5.74) is 1.09. The van der Waals surface area contributed by atoms with E-state index >= 15 is 0 Å². The molecule has 0 aromatic carbocycles. The zero-order valence-electron chi connectivity index (χ0n) is 10.4. The first kappa shape index (κ1) is 13.7. The van der Waals surface area contributed by atoms with Crippen LogP contribution < -0.4 is 0 Å². The van der Waals surface area contributed by atoms with Crippen molar-refractivity contribution in [3.05, 3.63) is 11.6 Å². The van der Waals surface area contributed by atoms with Gasteiger partial charge in [0.05, 0.1) is 16.6 Å². The molecule has 0 saturated carbocycles. The maximum Gasteiger partial charge on any atom is 0.155 e. The highest BCUT2D eigenvalue weighted by Crippen LogP contribution is 2.24. The second kappa shape index (κ2) is 4.88. The van der Waals surface area contributed by atoms with Gasteiger partial charge in [-0.25, -0.2) is 8.42 Å². The van der Waals surface area contributed by atoms with Crippen molar-refractivity contribution in [3.8, 4) is 0 Å². The molecule has 1 aliphatic carbocycles. The first-order chi connectivity index (χ1) is 7.22. The lowest BCUT2D eigenvalue weighted by molar-refractivity contribution is 0.201. The number of rotatable bonds is 3. The summed E-state index contributed by atoms with van der Waals surface area (Å²) >= 11 is 0. The minimum Gasteiger partial charge on any atom is -0.389 e. The minimum atomic E-state index is -3.04. The Labute approximate surface area is 98.5 Å². The third-order valence-corrected chi connectivity index (χ3v) is 5.66. The van der Waals surface area contributed by atoms with E-state index in [0.29, 0.717) is 6.42 Å². The van der Waals surface area contributed by atoms with Crippen molar-refractivity contribution in [2.24, 2.45) is 0 Å². The van der Waals surface area contributed by atoms with Crippen LogP contribution in [-0.2, 0) is 9.84 Å². The summed E-state index contributed by atoms with van der Waals surface area (Å²) in [6.45, 7) is 5.19. The molecule has 0 aromatic rings. The lowest BCUT2D eigenvalue weighted by Crippen LogP contribution is -2.30. The third kappa shape index (κ3) is 3.59. The molecule has 1 atom stereocenters. The standard InChI is InChI=1S/C12H22O3S/c1-12(2,3)16(14,15)8-7-10-5-4-6-11(13)9-10/h9,11,13H,4-8H2,1-3H3. The van der Waals surface area contributed by atoms with Crippen molar-refractivity contribution in [3.63, 3.8) is 0 Å². The second-order valence-electron chi connectivity index (χ2n) is 5.47. The molecular formula is C12H22O3S. The van der Waals surface area contributed by atoms with Crippen LogP contribution in [0.1, 0.15) is 46.5 Å². The van der Waals surface area contributed by atoms with E-state index in [2.05, 4.69) is 0 Å². The van der Waals surface area contributed by atoms with Crippen molar-refractivity contribution in [1.82, 2.24) is 0 Å². The monoisotopic (exact) mass is 246 g/mol. The molecule has 1 N–H and O–H groups in total. The Hall–Kier alpha value is -0.350. The average molecular weight is 246 g/mol. The number of hydrogen-bond acceptors (Lipinski definition) is 3. The van der Waals surface area contributed by atoms with E-state index < -0.39 is 14.6 Å². The van der Waals surface area contributed by atoms with E-state index in [0.717, 1.165) is 24.8 Å². The Bertz CT molecular complexity index is 360. The normalized spacial score (nSPS) is 23.0. The van der Waals surface area contributed by atoms with Crippen LogP contribution in [0.2, 0.25) is 0 Å². The van der Waals surface area contributed by atoms with Crippen LogP contribution in [0.5, 0.6) is 0 Å². The molecule has 4 heteroatoms. The van der Waals surface area contributed by atoms with Crippen molar-refractivity contribution < 1.29 is 13.5 Å². The van der Waals surface area contributed by atoms with Crippen molar-refractivity contribution in [2.45, 2.75) is 57.3 Å². The summed E-state index contributed by atoms with van der Waals surface area (Å²) in [6.07, 6.45) is 4.70. The van der Waals surface area contributed by atoms with Gasteiger partial charge in [-0.3, -0.25) is 0 Å². The van der Waals surface area contributed by atoms with E-state index in [1.54, 1.807) is 20.8 Å². The van der Waals surface area contributed by atoms with Crippen LogP contribution in [0.4, 0.5) is 0 Å². The van der Waals surface area contributed by atoms with Gasteiger partial charge in [0, 0.05) is 0 Å². The number of aliphatic hydroxyl groups excluding tert-OH is 1. The zero-order valence-corrected chi connectivity index (χ0v) is 11.2. The fourth-order valence-electron chi connectivity index (χ4n) is 1.76. The highest BCUT2D eigenvalue weighted by molar-refractivity contribution is 7.92. The minimum absolute atomic E-state index is 0.190. The molecule has 0 bridgehead atoms. The predicted octanol–water partition coefficient (Wildman–Crippen LogP) is 2.06. The molecule has 1 aliphatic rings. The van der Waals surface area contributed by atoms with Crippen molar-refractivity contribution in [1.29, 1.82) is 0 Å². The van der Waals surface area contributed by atoms with Gasteiger partial charge >= 0.3 is 0 Å². The second-order valence-corrected chi connectivity index (χ2v) is 8.33. The van der Waals surface area contributed by atoms with Gasteiger partial charge in [0.2, 0.25) is 0 Å². The first-order valence-corrected chi connectivity index (χ1v) is 7.47. The SMILES string of the molecule is CC(C)(C)S(=O)(=O)CCC1=CC(O)CCC1. The number of allylic oxidation sites excluding steroid dienone is 1. The average Bonchev–Trinajstić information content (AvgIpc) is 2.13. The van der Waals surface area contributed by atoms with E-state index in [1.165, 1.54) is 0 Å². The van der Waals surface area contributed by atoms with Gasteiger partial charge in [0.1, 0.15) is 0 Å². The molecular weight excluding hydrogens is 224 g/mol. The quantitative estimate of drug-likeness (QED) is 0.776. The topological polar surface area (TPSA) is 54.4 Å². The highest BCUT2D eigenvalue weighted by Gasteiger charge is 2.28. The Morgan fingerprint density at radius 3 is 2.56 bits per heavy atom. The maximum absolute atomic E-state index is 11.9. The number of hydrogen-bond donors (Lipinski definition) is 1. The van der Waals surface area contributed by atoms with Crippen LogP contribution in [0.15, 0.2) is 11.6 Å². The van der Waals surface area contributed by atoms with Gasteiger partial charge in [0.25, 0.3) is 0 Å². The highest BCUT2D eigenvalue weighted by atomic mass is 32.2. The van der Waals surface area contributed by atoms with Gasteiger partial charge < -0.3 is 5.11 Å². The molecule has 0 aromatic heterocycles. The first-order valence-electron chi connectivity index (χ1n) is 5.82. The van der Waals surface area contributed by atoms with E-state index in [4.69, 9.17) is 0 Å². The fraction of sp³-hybridized carbons (Fsp3) is 0.833. The van der Waals surface area contributed by atoms with Crippen LogP contribution in [-0.4, -0.2) is 30.1 Å². The molecule has 0 fully saturated rings. The van der Waals surface area contributed by atoms with E-state index in [-0.39, 0.29) is 11.9 Å². The van der Waals surface area contributed by atoms with Gasteiger partial charge in [0.15, 0.2) is 9.84 Å². The molecule has 1 unspecified atom stereocenters. The lowest BCUT2D eigenvalue weighted by Gasteiger charge is -2.21. The lowest BCUT2D eigenvalue weighted by atomic mass is 9.96. The molecule has 16 heavy (non-hydrogen) atoms. The van der Waals surface area contributed by atoms with E-state index in [1.807, 2.05) is 6.08 Å². The Morgan fingerprint density at radius 2 is 2.06 bits per heavy atom. The molecule has 3 nitrogen and oxygen atoms in total. The molecule has 1 rings (SSSR count). The van der Waals surface area contributed by atoms with Crippen LogP contribution in [0.25, 0.3) is 0 Å². The molecule has 0 aliphatic heterocycles. The molecule has 0 saturated heterocycles. The smallest absolute Gasteiger partial charge is 0.155 e. The maximum atomic E-state index is 11.9. The van der Waals surface area contributed by atoms with Crippen LogP contribution in [0, 0.1) is 0 Å². The molecule has 0 heterocycles. The Morgan fingerprint density at radius 1 is 1.44 bits per heavy atom. The summed E-state index contributed by atoms with van der Waals surface area (Å²) in [4.78, 5) is 0. The molecule has 0 radical (unpaired) electrons. The van der Waals surface area contributed by atoms with Gasteiger partial charge in [-0.1, -0.05) is 11.6 Å². The zero-order chi connectivity index (χ0) is 12.4. The summed E-state index contributed by atoms with van der Waals surface area (Å²) < 4.78 is 23.1. The Balaban J connectivity index is 2.59. The third-order valence-electron chi connectivity index (χ3n) is 3.05. The summed E-state index contributed by atoms with van der Waals surface area (Å²) in [5, 5.41) is 9.44. The van der Waals surface area contributed by atoms with E-state index in [9.17, 15) is 13.5 Å². The van der Waals surface area contributed by atoms with Gasteiger partial charge in [-0.2, -0.15) is 0 Å². The number of aliphatic hydroxyl groups is 1. The molecule has 0 spiro atoms. The Kier molecular flexibility index (Phi) is 4.18. The van der Waals surface area contributed by atoms with Crippen molar-refractivity contribution in [2.75, 3.05) is 5.75 Å². The van der Waals surface area contributed by atoms with Crippen LogP contribution in [0.3, 0.4) is 0 Å².